The molecule has 0 N–H and O–H groups in total. The maximum Gasteiger partial charge on any atom is 0.142 e. The zero-order valence-electron chi connectivity index (χ0n) is 11.0. The van der Waals surface area contributed by atoms with Crippen molar-refractivity contribution < 1.29 is 0 Å². The Hall–Kier alpha value is -1.00. The van der Waals surface area contributed by atoms with Crippen molar-refractivity contribution in [3.63, 3.8) is 0 Å². The molecule has 4 nitrogen and oxygen atoms in total. The first-order chi connectivity index (χ1) is 8.16. The summed E-state index contributed by atoms with van der Waals surface area (Å²) in [6, 6.07) is 2.51. The molecule has 0 spiro atoms. The van der Waals surface area contributed by atoms with Crippen LogP contribution < -0.4 is 0 Å². The van der Waals surface area contributed by atoms with Gasteiger partial charge in [0.1, 0.15) is 5.82 Å². The normalized spacial score (nSPS) is 23.2. The lowest BCUT2D eigenvalue weighted by Crippen LogP contribution is -2.53. The van der Waals surface area contributed by atoms with Crippen molar-refractivity contribution in [3.05, 3.63) is 24.3 Å². The van der Waals surface area contributed by atoms with Gasteiger partial charge in [0.2, 0.25) is 0 Å². The van der Waals surface area contributed by atoms with Crippen LogP contribution in [0.1, 0.15) is 19.7 Å². The topological polar surface area (TPSA) is 32.3 Å². The fourth-order valence-corrected chi connectivity index (χ4v) is 2.44. The molecule has 1 fully saturated rings. The van der Waals surface area contributed by atoms with Gasteiger partial charge in [-0.25, -0.2) is 9.97 Å². The van der Waals surface area contributed by atoms with Gasteiger partial charge in [0, 0.05) is 38.1 Å². The van der Waals surface area contributed by atoms with Gasteiger partial charge in [-0.15, -0.1) is 0 Å². The highest BCUT2D eigenvalue weighted by Gasteiger charge is 2.26. The maximum absolute atomic E-state index is 4.30. The number of nitrogens with zero attached hydrogens (tertiary/aromatic N) is 4. The number of rotatable bonds is 3. The lowest BCUT2D eigenvalue weighted by Gasteiger charge is -2.41. The van der Waals surface area contributed by atoms with Crippen LogP contribution in [-0.2, 0) is 6.54 Å². The van der Waals surface area contributed by atoms with Crippen LogP contribution in [0.25, 0.3) is 0 Å². The summed E-state index contributed by atoms with van der Waals surface area (Å²) < 4.78 is 0. The molecule has 1 atom stereocenters. The molecule has 17 heavy (non-hydrogen) atoms. The van der Waals surface area contributed by atoms with E-state index in [1.807, 2.05) is 18.5 Å². The Morgan fingerprint density at radius 2 is 2.00 bits per heavy atom. The molecule has 94 valence electrons. The minimum Gasteiger partial charge on any atom is -0.301 e. The number of piperazine rings is 1. The van der Waals surface area contributed by atoms with E-state index in [1.54, 1.807) is 0 Å². The predicted octanol–water partition coefficient (Wildman–Crippen LogP) is 1.25. The van der Waals surface area contributed by atoms with Crippen LogP contribution in [0, 0.1) is 5.92 Å². The van der Waals surface area contributed by atoms with Crippen LogP contribution in [0.3, 0.4) is 0 Å². The summed E-state index contributed by atoms with van der Waals surface area (Å²) in [6.45, 7) is 8.82. The summed E-state index contributed by atoms with van der Waals surface area (Å²) in [6.07, 6.45) is 3.64. The largest absolute Gasteiger partial charge is 0.301 e. The molecule has 1 aromatic rings. The lowest BCUT2D eigenvalue weighted by molar-refractivity contribution is 0.0641. The molecule has 0 aromatic carbocycles. The van der Waals surface area contributed by atoms with E-state index in [-0.39, 0.29) is 0 Å². The molecule has 4 heteroatoms. The summed E-state index contributed by atoms with van der Waals surface area (Å²) in [5.74, 6) is 1.62. The first kappa shape index (κ1) is 12.5. The molecule has 0 saturated carbocycles. The van der Waals surface area contributed by atoms with Crippen molar-refractivity contribution in [1.82, 2.24) is 19.8 Å². The van der Waals surface area contributed by atoms with E-state index in [2.05, 4.69) is 40.7 Å². The Morgan fingerprint density at radius 3 is 2.65 bits per heavy atom. The predicted molar refractivity (Wildman–Crippen MR) is 68.6 cm³/mol. The molecular weight excluding hydrogens is 212 g/mol. The summed E-state index contributed by atoms with van der Waals surface area (Å²) in [7, 11) is 2.22. The van der Waals surface area contributed by atoms with Crippen LogP contribution >= 0.6 is 0 Å². The van der Waals surface area contributed by atoms with Gasteiger partial charge in [0.25, 0.3) is 0 Å². The van der Waals surface area contributed by atoms with Crippen LogP contribution in [-0.4, -0.2) is 52.5 Å². The average molecular weight is 234 g/mol. The Morgan fingerprint density at radius 1 is 1.29 bits per heavy atom. The summed E-state index contributed by atoms with van der Waals surface area (Å²) >= 11 is 0. The number of hydrogen-bond donors (Lipinski definition) is 0. The highest BCUT2D eigenvalue weighted by Crippen LogP contribution is 2.16. The standard InChI is InChI=1S/C13H22N4/c1-11(2)12-9-17(8-7-16(12)3)10-13-14-5-4-6-15-13/h4-6,11-12H,7-10H2,1-3H3/t12-/m1/s1. The molecule has 0 amide bonds. The smallest absolute Gasteiger partial charge is 0.142 e. The average Bonchev–Trinajstić information content (AvgIpc) is 2.32. The quantitative estimate of drug-likeness (QED) is 0.788. The molecular formula is C13H22N4. The number of likely N-dealkylation sites (N-methyl/N-ethyl adjacent to an activating group) is 1. The molecule has 1 aliphatic heterocycles. The van der Waals surface area contributed by atoms with Crippen molar-refractivity contribution in [2.75, 3.05) is 26.7 Å². The second kappa shape index (κ2) is 5.56. The van der Waals surface area contributed by atoms with E-state index in [0.717, 1.165) is 32.0 Å². The minimum atomic E-state index is 0.646. The van der Waals surface area contributed by atoms with Crippen molar-refractivity contribution >= 4 is 0 Å². The summed E-state index contributed by atoms with van der Waals surface area (Å²) in [5, 5.41) is 0. The highest BCUT2D eigenvalue weighted by molar-refractivity contribution is 4.91. The van der Waals surface area contributed by atoms with Gasteiger partial charge < -0.3 is 4.90 Å². The number of aromatic nitrogens is 2. The Balaban J connectivity index is 1.95. The van der Waals surface area contributed by atoms with E-state index < -0.39 is 0 Å². The molecule has 0 radical (unpaired) electrons. The molecule has 0 aliphatic carbocycles. The van der Waals surface area contributed by atoms with Crippen LogP contribution in [0.2, 0.25) is 0 Å². The Kier molecular flexibility index (Phi) is 4.07. The third-order valence-electron chi connectivity index (χ3n) is 3.53. The number of hydrogen-bond acceptors (Lipinski definition) is 4. The third kappa shape index (κ3) is 3.23. The first-order valence-electron chi connectivity index (χ1n) is 6.35. The van der Waals surface area contributed by atoms with Crippen molar-refractivity contribution in [3.8, 4) is 0 Å². The molecule has 2 heterocycles. The van der Waals surface area contributed by atoms with Gasteiger partial charge >= 0.3 is 0 Å². The maximum atomic E-state index is 4.30. The van der Waals surface area contributed by atoms with E-state index in [1.165, 1.54) is 0 Å². The second-order valence-corrected chi connectivity index (χ2v) is 5.19. The monoisotopic (exact) mass is 234 g/mol. The molecule has 2 rings (SSSR count). The van der Waals surface area contributed by atoms with E-state index in [0.29, 0.717) is 12.0 Å². The van der Waals surface area contributed by atoms with Gasteiger partial charge in [-0.05, 0) is 19.0 Å². The fraction of sp³-hybridized carbons (Fsp3) is 0.692. The second-order valence-electron chi connectivity index (χ2n) is 5.19. The van der Waals surface area contributed by atoms with E-state index in [4.69, 9.17) is 0 Å². The third-order valence-corrected chi connectivity index (χ3v) is 3.53. The zero-order chi connectivity index (χ0) is 12.3. The first-order valence-corrected chi connectivity index (χ1v) is 6.35. The zero-order valence-corrected chi connectivity index (χ0v) is 11.0. The van der Waals surface area contributed by atoms with Crippen molar-refractivity contribution in [2.45, 2.75) is 26.4 Å². The molecule has 1 aliphatic rings. The molecule has 1 saturated heterocycles. The van der Waals surface area contributed by atoms with Gasteiger partial charge in [0.05, 0.1) is 6.54 Å². The van der Waals surface area contributed by atoms with Crippen molar-refractivity contribution in [2.24, 2.45) is 5.92 Å². The van der Waals surface area contributed by atoms with Gasteiger partial charge in [-0.2, -0.15) is 0 Å². The van der Waals surface area contributed by atoms with Crippen LogP contribution in [0.4, 0.5) is 0 Å². The van der Waals surface area contributed by atoms with Crippen molar-refractivity contribution in [1.29, 1.82) is 0 Å². The summed E-state index contributed by atoms with van der Waals surface area (Å²) in [4.78, 5) is 13.5. The Labute approximate surface area is 104 Å². The minimum absolute atomic E-state index is 0.646. The van der Waals surface area contributed by atoms with Crippen LogP contribution in [0.5, 0.6) is 0 Å². The molecule has 1 aromatic heterocycles. The van der Waals surface area contributed by atoms with Gasteiger partial charge in [-0.3, -0.25) is 4.90 Å². The molecule has 0 unspecified atom stereocenters. The van der Waals surface area contributed by atoms with Crippen LogP contribution in [0.15, 0.2) is 18.5 Å². The van der Waals surface area contributed by atoms with Gasteiger partial charge in [0.15, 0.2) is 0 Å². The van der Waals surface area contributed by atoms with E-state index >= 15 is 0 Å². The Bertz CT molecular complexity index is 339. The van der Waals surface area contributed by atoms with Gasteiger partial charge in [-0.1, -0.05) is 13.8 Å². The van der Waals surface area contributed by atoms with E-state index in [9.17, 15) is 0 Å². The highest BCUT2D eigenvalue weighted by atomic mass is 15.3. The summed E-state index contributed by atoms with van der Waals surface area (Å²) in [5.41, 5.74) is 0. The lowest BCUT2D eigenvalue weighted by atomic mass is 10.0. The molecule has 0 bridgehead atoms. The fourth-order valence-electron chi connectivity index (χ4n) is 2.44. The SMILES string of the molecule is CC(C)[C@H]1CN(Cc2ncccn2)CCN1C.